The van der Waals surface area contributed by atoms with Crippen LogP contribution in [0.5, 0.6) is 0 Å². The number of hydrogen-bond donors (Lipinski definition) is 1. The van der Waals surface area contributed by atoms with E-state index in [-0.39, 0.29) is 6.04 Å². The van der Waals surface area contributed by atoms with Crippen molar-refractivity contribution in [3.63, 3.8) is 0 Å². The summed E-state index contributed by atoms with van der Waals surface area (Å²) in [5, 5.41) is 10.4. The molecule has 1 aromatic heterocycles. The van der Waals surface area contributed by atoms with Crippen LogP contribution in [-0.4, -0.2) is 16.8 Å². The maximum Gasteiger partial charge on any atom is 0.150 e. The van der Waals surface area contributed by atoms with Crippen molar-refractivity contribution < 1.29 is 0 Å². The summed E-state index contributed by atoms with van der Waals surface area (Å²) in [6, 6.07) is 1.59. The Hall–Kier alpha value is -0.570. The Morgan fingerprint density at radius 3 is 3.17 bits per heavy atom. The molecule has 0 bridgehead atoms. The van der Waals surface area contributed by atoms with E-state index in [0.717, 1.165) is 10.0 Å². The number of aryl methyl sites for hydroxylation is 1. The molecule has 3 nitrogen and oxygen atoms in total. The predicted molar refractivity (Wildman–Crippen MR) is 51.2 cm³/mol. The van der Waals surface area contributed by atoms with Crippen molar-refractivity contribution in [2.24, 2.45) is 5.73 Å². The highest BCUT2D eigenvalue weighted by atomic mass is 32.2. The lowest BCUT2D eigenvalue weighted by atomic mass is 10.4. The Bertz CT molecular complexity index is 289. The van der Waals surface area contributed by atoms with Crippen LogP contribution in [0.1, 0.15) is 5.69 Å². The molecule has 0 aliphatic carbocycles. The van der Waals surface area contributed by atoms with Crippen LogP contribution < -0.4 is 5.73 Å². The van der Waals surface area contributed by atoms with Crippen molar-refractivity contribution in [3.8, 4) is 6.07 Å². The molecule has 1 atom stereocenters. The van der Waals surface area contributed by atoms with Gasteiger partial charge in [-0.05, 0) is 6.92 Å². The van der Waals surface area contributed by atoms with Gasteiger partial charge in [-0.3, -0.25) is 0 Å². The van der Waals surface area contributed by atoms with Crippen LogP contribution in [0.4, 0.5) is 0 Å². The largest absolute Gasteiger partial charge is 0.315 e. The van der Waals surface area contributed by atoms with Crippen molar-refractivity contribution in [1.82, 2.24) is 4.98 Å². The van der Waals surface area contributed by atoms with Crippen LogP contribution in [0.15, 0.2) is 9.72 Å². The van der Waals surface area contributed by atoms with Gasteiger partial charge in [0.25, 0.3) is 0 Å². The van der Waals surface area contributed by atoms with Crippen molar-refractivity contribution in [1.29, 1.82) is 5.26 Å². The second-order valence-corrected chi connectivity index (χ2v) is 4.43. The number of thioether (sulfide) groups is 1. The third-order valence-electron chi connectivity index (χ3n) is 1.15. The highest BCUT2D eigenvalue weighted by Crippen LogP contribution is 2.22. The van der Waals surface area contributed by atoms with E-state index in [9.17, 15) is 0 Å². The lowest BCUT2D eigenvalue weighted by Crippen LogP contribution is -2.19. The summed E-state index contributed by atoms with van der Waals surface area (Å²) in [6.45, 7) is 1.95. The topological polar surface area (TPSA) is 62.7 Å². The molecule has 0 aliphatic heterocycles. The standard InChI is InChI=1S/C7H9N3S2/c1-5-3-11-7(10-5)12-4-6(9)2-8/h3,6H,4,9H2,1H3. The zero-order chi connectivity index (χ0) is 8.97. The second kappa shape index (κ2) is 4.45. The Labute approximate surface area is 79.6 Å². The van der Waals surface area contributed by atoms with Gasteiger partial charge in [0.2, 0.25) is 0 Å². The van der Waals surface area contributed by atoms with E-state index in [0.29, 0.717) is 5.75 Å². The molecule has 1 aromatic rings. The van der Waals surface area contributed by atoms with Crippen molar-refractivity contribution in [3.05, 3.63) is 11.1 Å². The molecule has 0 radical (unpaired) electrons. The third kappa shape index (κ3) is 2.81. The molecular weight excluding hydrogens is 190 g/mol. The molecule has 0 saturated carbocycles. The van der Waals surface area contributed by atoms with Crippen LogP contribution in [-0.2, 0) is 0 Å². The van der Waals surface area contributed by atoms with Crippen molar-refractivity contribution in [2.45, 2.75) is 17.3 Å². The molecule has 0 amide bonds. The Morgan fingerprint density at radius 2 is 2.67 bits per heavy atom. The Morgan fingerprint density at radius 1 is 1.92 bits per heavy atom. The summed E-state index contributed by atoms with van der Waals surface area (Å²) in [5.74, 6) is 0.615. The van der Waals surface area contributed by atoms with Crippen LogP contribution >= 0.6 is 23.1 Å². The lowest BCUT2D eigenvalue weighted by Gasteiger charge is -1.97. The maximum atomic E-state index is 8.41. The quantitative estimate of drug-likeness (QED) is 0.747. The highest BCUT2D eigenvalue weighted by Gasteiger charge is 2.03. The van der Waals surface area contributed by atoms with Gasteiger partial charge in [-0.25, -0.2) is 4.98 Å². The Kier molecular flexibility index (Phi) is 3.53. The highest BCUT2D eigenvalue weighted by molar-refractivity contribution is 8.01. The van der Waals surface area contributed by atoms with Gasteiger partial charge in [0.05, 0.1) is 6.07 Å². The summed E-state index contributed by atoms with van der Waals surface area (Å²) in [4.78, 5) is 4.23. The van der Waals surface area contributed by atoms with Gasteiger partial charge in [-0.15, -0.1) is 11.3 Å². The van der Waals surface area contributed by atoms with Gasteiger partial charge in [0.15, 0.2) is 0 Å². The molecule has 5 heteroatoms. The van der Waals surface area contributed by atoms with Gasteiger partial charge in [0.1, 0.15) is 10.4 Å². The number of rotatable bonds is 3. The SMILES string of the molecule is Cc1csc(SCC(N)C#N)n1. The first-order chi connectivity index (χ1) is 5.72. The first kappa shape index (κ1) is 9.52. The molecule has 0 aromatic carbocycles. The maximum absolute atomic E-state index is 8.41. The summed E-state index contributed by atoms with van der Waals surface area (Å²) < 4.78 is 0.984. The van der Waals surface area contributed by atoms with Crippen molar-refractivity contribution in [2.75, 3.05) is 5.75 Å². The number of nitrogens with zero attached hydrogens (tertiary/aromatic N) is 2. The van der Waals surface area contributed by atoms with E-state index in [1.165, 1.54) is 11.8 Å². The monoisotopic (exact) mass is 199 g/mol. The van der Waals surface area contributed by atoms with Gasteiger partial charge < -0.3 is 5.73 Å². The molecule has 0 fully saturated rings. The van der Waals surface area contributed by atoms with Crippen molar-refractivity contribution >= 4 is 23.1 Å². The van der Waals surface area contributed by atoms with Gasteiger partial charge in [0, 0.05) is 16.8 Å². The molecular formula is C7H9N3S2. The lowest BCUT2D eigenvalue weighted by molar-refractivity contribution is 0.952. The average molecular weight is 199 g/mol. The summed E-state index contributed by atoms with van der Waals surface area (Å²) in [7, 11) is 0. The molecule has 0 saturated heterocycles. The van der Waals surface area contributed by atoms with Gasteiger partial charge in [-0.1, -0.05) is 11.8 Å². The Balaban J connectivity index is 2.39. The summed E-state index contributed by atoms with van der Waals surface area (Å²) in [5.41, 5.74) is 6.44. The average Bonchev–Trinajstić information content (AvgIpc) is 2.47. The van der Waals surface area contributed by atoms with Crippen LogP contribution in [0.2, 0.25) is 0 Å². The molecule has 0 spiro atoms. The third-order valence-corrected chi connectivity index (χ3v) is 3.41. The molecule has 1 heterocycles. The molecule has 12 heavy (non-hydrogen) atoms. The van der Waals surface area contributed by atoms with Gasteiger partial charge >= 0.3 is 0 Å². The van der Waals surface area contributed by atoms with Crippen LogP contribution in [0.25, 0.3) is 0 Å². The molecule has 1 rings (SSSR count). The fourth-order valence-electron chi connectivity index (χ4n) is 0.597. The normalized spacial score (nSPS) is 12.4. The van der Waals surface area contributed by atoms with E-state index in [1.807, 2.05) is 18.4 Å². The summed E-state index contributed by atoms with van der Waals surface area (Å²) in [6.07, 6.45) is 0. The van der Waals surface area contributed by atoms with Crippen LogP contribution in [0, 0.1) is 18.3 Å². The number of aromatic nitrogens is 1. The summed E-state index contributed by atoms with van der Waals surface area (Å²) >= 11 is 3.12. The minimum atomic E-state index is -0.390. The van der Waals surface area contributed by atoms with Crippen LogP contribution in [0.3, 0.4) is 0 Å². The minimum absolute atomic E-state index is 0.390. The minimum Gasteiger partial charge on any atom is -0.315 e. The van der Waals surface area contributed by atoms with E-state index in [4.69, 9.17) is 11.0 Å². The zero-order valence-corrected chi connectivity index (χ0v) is 8.28. The van der Waals surface area contributed by atoms with E-state index < -0.39 is 0 Å². The number of nitrogens with two attached hydrogens (primary N) is 1. The second-order valence-electron chi connectivity index (χ2n) is 2.30. The van der Waals surface area contributed by atoms with E-state index in [2.05, 4.69) is 4.98 Å². The molecule has 64 valence electrons. The predicted octanol–water partition coefficient (Wildman–Crippen LogP) is 1.39. The first-order valence-corrected chi connectivity index (χ1v) is 5.29. The first-order valence-electron chi connectivity index (χ1n) is 3.42. The smallest absolute Gasteiger partial charge is 0.150 e. The number of thiazole rings is 1. The number of nitriles is 1. The zero-order valence-electron chi connectivity index (χ0n) is 6.65. The fourth-order valence-corrected chi connectivity index (χ4v) is 2.34. The fraction of sp³-hybridized carbons (Fsp3) is 0.429. The number of hydrogen-bond acceptors (Lipinski definition) is 5. The molecule has 0 aliphatic rings. The van der Waals surface area contributed by atoms with E-state index >= 15 is 0 Å². The van der Waals surface area contributed by atoms with Gasteiger partial charge in [-0.2, -0.15) is 5.26 Å². The molecule has 1 unspecified atom stereocenters. The molecule has 2 N–H and O–H groups in total. The van der Waals surface area contributed by atoms with E-state index in [1.54, 1.807) is 11.3 Å².